The molecule has 1 unspecified atom stereocenters. The van der Waals surface area contributed by atoms with E-state index in [4.69, 9.17) is 25.5 Å². The van der Waals surface area contributed by atoms with Gasteiger partial charge in [-0.3, -0.25) is 9.59 Å². The average molecular weight is 579 g/mol. The van der Waals surface area contributed by atoms with Gasteiger partial charge < -0.3 is 29.4 Å². The van der Waals surface area contributed by atoms with Crippen molar-refractivity contribution in [2.45, 2.75) is 26.2 Å². The van der Waals surface area contributed by atoms with Crippen molar-refractivity contribution >= 4 is 46.7 Å². The summed E-state index contributed by atoms with van der Waals surface area (Å²) in [5.41, 5.74) is 1.15. The summed E-state index contributed by atoms with van der Waals surface area (Å²) < 4.78 is 16.0. The number of aromatic nitrogens is 3. The number of nitrogens with zero attached hydrogens (tertiary/aromatic N) is 4. The van der Waals surface area contributed by atoms with E-state index in [2.05, 4.69) is 32.7 Å². The Labute approximate surface area is 242 Å². The number of amides is 1. The number of hydrogen-bond donors (Lipinski definition) is 2. The lowest BCUT2D eigenvalue weighted by molar-refractivity contribution is -0.141. The SMILES string of the molecule is CCC(CCN(C)c1ccc(NC(=O)c2nnc(Nc3ccc(Oc4ccc(Cl)cc4)cc3)o2)cn1)CC(=O)OC. The molecule has 2 N–H and O–H groups in total. The van der Waals surface area contributed by atoms with Crippen LogP contribution in [0.15, 0.2) is 71.3 Å². The minimum atomic E-state index is -0.561. The molecule has 0 aliphatic carbocycles. The molecule has 0 saturated heterocycles. The predicted molar refractivity (Wildman–Crippen MR) is 156 cm³/mol. The minimum absolute atomic E-state index is 0.0641. The maximum absolute atomic E-state index is 12.6. The summed E-state index contributed by atoms with van der Waals surface area (Å²) in [6, 6.07) is 17.8. The van der Waals surface area contributed by atoms with Crippen molar-refractivity contribution in [2.75, 3.05) is 36.2 Å². The molecule has 4 rings (SSSR count). The molecule has 0 bridgehead atoms. The number of carbonyl (C=O) groups is 2. The van der Waals surface area contributed by atoms with Crippen LogP contribution >= 0.6 is 11.6 Å². The highest BCUT2D eigenvalue weighted by molar-refractivity contribution is 6.30. The van der Waals surface area contributed by atoms with Crippen LogP contribution in [0, 0.1) is 5.92 Å². The van der Waals surface area contributed by atoms with Crippen LogP contribution in [0.3, 0.4) is 0 Å². The molecule has 1 atom stereocenters. The molecular weight excluding hydrogens is 548 g/mol. The summed E-state index contributed by atoms with van der Waals surface area (Å²) in [6.07, 6.45) is 3.68. The third-order valence-corrected chi connectivity index (χ3v) is 6.56. The number of rotatable bonds is 13. The van der Waals surface area contributed by atoms with Crippen molar-refractivity contribution < 1.29 is 23.5 Å². The molecule has 2 heterocycles. The zero-order chi connectivity index (χ0) is 29.2. The van der Waals surface area contributed by atoms with Gasteiger partial charge in [-0.2, -0.15) is 0 Å². The standard InChI is InChI=1S/C29H31ClN6O5/c1-4-19(17-26(37)39-3)15-16-36(2)25-14-9-22(18-31-25)32-27(38)28-34-35-29(41-28)33-21-7-12-24(13-8-21)40-23-10-5-20(30)6-11-23/h5-14,18-19H,4,15-17H2,1-3H3,(H,32,38)(H,33,35). The highest BCUT2D eigenvalue weighted by Crippen LogP contribution is 2.25. The number of methoxy groups -OCH3 is 1. The van der Waals surface area contributed by atoms with Crippen molar-refractivity contribution in [3.05, 3.63) is 77.8 Å². The minimum Gasteiger partial charge on any atom is -0.469 e. The van der Waals surface area contributed by atoms with Gasteiger partial charge in [-0.25, -0.2) is 4.98 Å². The van der Waals surface area contributed by atoms with E-state index in [1.54, 1.807) is 66.9 Å². The Balaban J connectivity index is 1.26. The Kier molecular flexibility index (Phi) is 10.1. The number of esters is 1. The van der Waals surface area contributed by atoms with Crippen molar-refractivity contribution in [3.63, 3.8) is 0 Å². The maximum atomic E-state index is 12.6. The van der Waals surface area contributed by atoms with Crippen LogP contribution in [0.2, 0.25) is 5.02 Å². The molecule has 1 amide bonds. The number of anilines is 4. The summed E-state index contributed by atoms with van der Waals surface area (Å²) in [5.74, 6) is 1.32. The molecule has 4 aromatic rings. The molecule has 0 aliphatic heterocycles. The van der Waals surface area contributed by atoms with E-state index >= 15 is 0 Å². The van der Waals surface area contributed by atoms with Crippen molar-refractivity contribution in [1.29, 1.82) is 0 Å². The molecule has 12 heteroatoms. The Morgan fingerprint density at radius 1 is 1.00 bits per heavy atom. The van der Waals surface area contributed by atoms with Gasteiger partial charge in [0.15, 0.2) is 0 Å². The van der Waals surface area contributed by atoms with E-state index in [1.165, 1.54) is 7.11 Å². The fraction of sp³-hybridized carbons (Fsp3) is 0.276. The van der Waals surface area contributed by atoms with E-state index in [0.29, 0.717) is 34.3 Å². The first-order chi connectivity index (χ1) is 19.8. The van der Waals surface area contributed by atoms with Crippen LogP contribution < -0.4 is 20.3 Å². The molecule has 11 nitrogen and oxygen atoms in total. The number of halogens is 1. The fourth-order valence-corrected chi connectivity index (χ4v) is 3.99. The van der Waals surface area contributed by atoms with Crippen LogP contribution in [-0.2, 0) is 9.53 Å². The maximum Gasteiger partial charge on any atom is 0.320 e. The predicted octanol–water partition coefficient (Wildman–Crippen LogP) is 6.32. The van der Waals surface area contributed by atoms with Gasteiger partial charge in [-0.05, 0) is 73.0 Å². The zero-order valence-corrected chi connectivity index (χ0v) is 23.7. The number of carbonyl (C=O) groups excluding carboxylic acids is 2. The van der Waals surface area contributed by atoms with Gasteiger partial charge in [0.25, 0.3) is 0 Å². The number of ether oxygens (including phenoxy) is 2. The third-order valence-electron chi connectivity index (χ3n) is 6.30. The van der Waals surface area contributed by atoms with Gasteiger partial charge in [0.05, 0.1) is 19.0 Å². The Hall–Kier alpha value is -4.64. The van der Waals surface area contributed by atoms with Crippen LogP contribution in [0.4, 0.5) is 23.2 Å². The summed E-state index contributed by atoms with van der Waals surface area (Å²) in [7, 11) is 3.33. The lowest BCUT2D eigenvalue weighted by Crippen LogP contribution is -2.23. The van der Waals surface area contributed by atoms with Crippen LogP contribution in [-0.4, -0.2) is 47.8 Å². The van der Waals surface area contributed by atoms with E-state index in [-0.39, 0.29) is 23.8 Å². The monoisotopic (exact) mass is 578 g/mol. The first kappa shape index (κ1) is 29.3. The first-order valence-corrected chi connectivity index (χ1v) is 13.4. The zero-order valence-electron chi connectivity index (χ0n) is 23.0. The van der Waals surface area contributed by atoms with Crippen LogP contribution in [0.1, 0.15) is 36.9 Å². The molecule has 0 fully saturated rings. The smallest absolute Gasteiger partial charge is 0.320 e. The van der Waals surface area contributed by atoms with Gasteiger partial charge >= 0.3 is 23.8 Å². The largest absolute Gasteiger partial charge is 0.469 e. The highest BCUT2D eigenvalue weighted by atomic mass is 35.5. The summed E-state index contributed by atoms with van der Waals surface area (Å²) in [6.45, 7) is 2.78. The average Bonchev–Trinajstić information content (AvgIpc) is 3.46. The van der Waals surface area contributed by atoms with Crippen LogP contribution in [0.25, 0.3) is 0 Å². The van der Waals surface area contributed by atoms with Gasteiger partial charge in [0.1, 0.15) is 17.3 Å². The molecule has 0 radical (unpaired) electrons. The Morgan fingerprint density at radius 3 is 2.32 bits per heavy atom. The molecule has 0 saturated carbocycles. The molecular formula is C29H31ClN6O5. The number of nitrogens with one attached hydrogen (secondary N) is 2. The number of benzene rings is 2. The van der Waals surface area contributed by atoms with E-state index in [9.17, 15) is 9.59 Å². The van der Waals surface area contributed by atoms with Crippen molar-refractivity contribution in [1.82, 2.24) is 15.2 Å². The summed E-state index contributed by atoms with van der Waals surface area (Å²) in [5, 5.41) is 14.0. The second kappa shape index (κ2) is 14.1. The first-order valence-electron chi connectivity index (χ1n) is 13.0. The normalized spacial score (nSPS) is 11.4. The second-order valence-electron chi connectivity index (χ2n) is 9.24. The van der Waals surface area contributed by atoms with E-state index in [0.717, 1.165) is 25.2 Å². The number of hydrogen-bond acceptors (Lipinski definition) is 10. The Bertz CT molecular complexity index is 1430. The molecule has 0 aliphatic rings. The van der Waals surface area contributed by atoms with Crippen LogP contribution in [0.5, 0.6) is 11.5 Å². The fourth-order valence-electron chi connectivity index (χ4n) is 3.86. The quantitative estimate of drug-likeness (QED) is 0.174. The lowest BCUT2D eigenvalue weighted by atomic mass is 9.98. The molecule has 0 spiro atoms. The molecule has 2 aromatic carbocycles. The summed E-state index contributed by atoms with van der Waals surface area (Å²) in [4.78, 5) is 30.6. The Morgan fingerprint density at radius 2 is 1.68 bits per heavy atom. The molecule has 2 aromatic heterocycles. The third kappa shape index (κ3) is 8.67. The van der Waals surface area contributed by atoms with E-state index < -0.39 is 5.91 Å². The van der Waals surface area contributed by atoms with E-state index in [1.807, 2.05) is 11.9 Å². The summed E-state index contributed by atoms with van der Waals surface area (Å²) >= 11 is 5.90. The van der Waals surface area contributed by atoms with Crippen molar-refractivity contribution in [3.8, 4) is 11.5 Å². The van der Waals surface area contributed by atoms with Gasteiger partial charge in [-0.1, -0.05) is 30.0 Å². The molecule has 41 heavy (non-hydrogen) atoms. The van der Waals surface area contributed by atoms with Gasteiger partial charge in [0.2, 0.25) is 0 Å². The topological polar surface area (TPSA) is 132 Å². The highest BCUT2D eigenvalue weighted by Gasteiger charge is 2.17. The van der Waals surface area contributed by atoms with Crippen molar-refractivity contribution in [2.24, 2.45) is 5.92 Å². The molecule has 214 valence electrons. The van der Waals surface area contributed by atoms with Gasteiger partial charge in [-0.15, -0.1) is 5.10 Å². The van der Waals surface area contributed by atoms with Gasteiger partial charge in [0, 0.05) is 30.7 Å². The number of pyridine rings is 1. The lowest BCUT2D eigenvalue weighted by Gasteiger charge is -2.21. The second-order valence-corrected chi connectivity index (χ2v) is 9.68.